The van der Waals surface area contributed by atoms with E-state index in [-0.39, 0.29) is 5.91 Å². The van der Waals surface area contributed by atoms with E-state index < -0.39 is 0 Å². The number of rotatable bonds is 3. The van der Waals surface area contributed by atoms with E-state index in [0.717, 1.165) is 27.1 Å². The first-order valence-corrected chi connectivity index (χ1v) is 8.86. The van der Waals surface area contributed by atoms with Crippen molar-refractivity contribution >= 4 is 49.6 Å². The summed E-state index contributed by atoms with van der Waals surface area (Å²) in [6.07, 6.45) is 3.41. The van der Waals surface area contributed by atoms with Gasteiger partial charge in [0, 0.05) is 18.8 Å². The first kappa shape index (κ1) is 16.5. The van der Waals surface area contributed by atoms with Crippen molar-refractivity contribution in [3.8, 4) is 0 Å². The highest BCUT2D eigenvalue weighted by atomic mass is 79.9. The van der Waals surface area contributed by atoms with Crippen LogP contribution in [0.25, 0.3) is 21.5 Å². The van der Waals surface area contributed by atoms with Gasteiger partial charge in [-0.05, 0) is 43.5 Å². The SMILES string of the molecule is Cn1cc(Br)c(C(=O)N/N=C\c2c3ccccc3cc3ccccc23)n1. The fourth-order valence-electron chi connectivity index (χ4n) is 3.01. The van der Waals surface area contributed by atoms with E-state index in [1.54, 1.807) is 24.1 Å². The van der Waals surface area contributed by atoms with Crippen LogP contribution >= 0.6 is 15.9 Å². The Morgan fingerprint density at radius 3 is 2.31 bits per heavy atom. The number of carbonyl (C=O) groups is 1. The fraction of sp³-hybridized carbons (Fsp3) is 0.0500. The standard InChI is InChI=1S/C20H15BrN4O/c1-25-12-18(21)19(24-25)20(26)23-22-11-17-15-8-4-2-6-13(15)10-14-7-3-5-9-16(14)17/h2-12H,1H3,(H,23,26)/b22-11-. The van der Waals surface area contributed by atoms with Crippen molar-refractivity contribution in [1.82, 2.24) is 15.2 Å². The molecule has 3 aromatic carbocycles. The van der Waals surface area contributed by atoms with E-state index in [1.165, 1.54) is 0 Å². The molecule has 1 heterocycles. The maximum absolute atomic E-state index is 12.3. The molecule has 0 fully saturated rings. The van der Waals surface area contributed by atoms with Gasteiger partial charge in [-0.3, -0.25) is 9.48 Å². The molecule has 1 N–H and O–H groups in total. The van der Waals surface area contributed by atoms with Crippen molar-refractivity contribution in [2.45, 2.75) is 0 Å². The number of aromatic nitrogens is 2. The predicted octanol–water partition coefficient (Wildman–Crippen LogP) is 4.25. The molecule has 1 amide bonds. The number of hydrogen-bond donors (Lipinski definition) is 1. The molecule has 128 valence electrons. The molecule has 0 radical (unpaired) electrons. The highest BCUT2D eigenvalue weighted by molar-refractivity contribution is 9.10. The number of amides is 1. The van der Waals surface area contributed by atoms with E-state index >= 15 is 0 Å². The Hall–Kier alpha value is -2.99. The second-order valence-corrected chi connectivity index (χ2v) is 6.79. The number of halogens is 1. The summed E-state index contributed by atoms with van der Waals surface area (Å²) in [6.45, 7) is 0. The number of nitrogens with one attached hydrogen (secondary N) is 1. The highest BCUT2D eigenvalue weighted by Crippen LogP contribution is 2.27. The van der Waals surface area contributed by atoms with Crippen LogP contribution in [0.15, 0.2) is 70.4 Å². The first-order chi connectivity index (χ1) is 12.6. The summed E-state index contributed by atoms with van der Waals surface area (Å²) in [7, 11) is 1.76. The van der Waals surface area contributed by atoms with Crippen LogP contribution in [0.1, 0.15) is 16.1 Å². The fourth-order valence-corrected chi connectivity index (χ4v) is 3.57. The molecule has 0 saturated heterocycles. The molecular weight excluding hydrogens is 392 g/mol. The molecule has 0 atom stereocenters. The van der Waals surface area contributed by atoms with Crippen LogP contribution in [-0.4, -0.2) is 21.9 Å². The summed E-state index contributed by atoms with van der Waals surface area (Å²) in [5.74, 6) is -0.363. The second-order valence-electron chi connectivity index (χ2n) is 5.93. The maximum Gasteiger partial charge on any atom is 0.293 e. The van der Waals surface area contributed by atoms with E-state index in [0.29, 0.717) is 10.2 Å². The molecule has 0 aliphatic heterocycles. The number of hydrogen-bond acceptors (Lipinski definition) is 3. The van der Waals surface area contributed by atoms with Crippen LogP contribution in [0, 0.1) is 0 Å². The average Bonchev–Trinajstić information content (AvgIpc) is 2.99. The quantitative estimate of drug-likeness (QED) is 0.314. The molecule has 1 aromatic heterocycles. The summed E-state index contributed by atoms with van der Waals surface area (Å²) in [4.78, 5) is 12.3. The molecule has 4 aromatic rings. The minimum Gasteiger partial charge on any atom is -0.274 e. The lowest BCUT2D eigenvalue weighted by atomic mass is 9.97. The van der Waals surface area contributed by atoms with Gasteiger partial charge in [-0.1, -0.05) is 48.5 Å². The Balaban J connectivity index is 1.72. The summed E-state index contributed by atoms with van der Waals surface area (Å²) < 4.78 is 2.20. The summed E-state index contributed by atoms with van der Waals surface area (Å²) in [6, 6.07) is 18.4. The molecule has 0 spiro atoms. The van der Waals surface area contributed by atoms with E-state index in [9.17, 15) is 4.79 Å². The van der Waals surface area contributed by atoms with Crippen LogP contribution in [0.2, 0.25) is 0 Å². The highest BCUT2D eigenvalue weighted by Gasteiger charge is 2.13. The lowest BCUT2D eigenvalue weighted by molar-refractivity contribution is 0.0948. The van der Waals surface area contributed by atoms with Gasteiger partial charge in [-0.2, -0.15) is 10.2 Å². The van der Waals surface area contributed by atoms with Crippen molar-refractivity contribution < 1.29 is 4.79 Å². The predicted molar refractivity (Wildman–Crippen MR) is 107 cm³/mol. The van der Waals surface area contributed by atoms with Gasteiger partial charge in [0.2, 0.25) is 0 Å². The normalized spacial score (nSPS) is 11.5. The van der Waals surface area contributed by atoms with Crippen molar-refractivity contribution in [2.24, 2.45) is 12.1 Å². The molecule has 6 heteroatoms. The van der Waals surface area contributed by atoms with Crippen LogP contribution in [0.3, 0.4) is 0 Å². The number of benzene rings is 3. The third-order valence-corrected chi connectivity index (χ3v) is 4.75. The zero-order chi connectivity index (χ0) is 18.1. The Bertz CT molecular complexity index is 1110. The molecular formula is C20H15BrN4O. The van der Waals surface area contributed by atoms with E-state index in [1.807, 2.05) is 24.3 Å². The lowest BCUT2D eigenvalue weighted by Gasteiger charge is -2.07. The van der Waals surface area contributed by atoms with Gasteiger partial charge in [0.05, 0.1) is 10.7 Å². The van der Waals surface area contributed by atoms with Gasteiger partial charge < -0.3 is 0 Å². The molecule has 4 rings (SSSR count). The van der Waals surface area contributed by atoms with Crippen molar-refractivity contribution in [1.29, 1.82) is 0 Å². The number of aryl methyl sites for hydroxylation is 1. The third-order valence-electron chi connectivity index (χ3n) is 4.17. The summed E-state index contributed by atoms with van der Waals surface area (Å²) >= 11 is 3.32. The Morgan fingerprint density at radius 2 is 1.73 bits per heavy atom. The maximum atomic E-state index is 12.3. The van der Waals surface area contributed by atoms with Gasteiger partial charge >= 0.3 is 0 Å². The number of fused-ring (bicyclic) bond motifs is 2. The monoisotopic (exact) mass is 406 g/mol. The Kier molecular flexibility index (Phi) is 4.26. The molecule has 0 aliphatic carbocycles. The van der Waals surface area contributed by atoms with Crippen molar-refractivity contribution in [2.75, 3.05) is 0 Å². The molecule has 0 saturated carbocycles. The van der Waals surface area contributed by atoms with Crippen LogP contribution in [-0.2, 0) is 7.05 Å². The zero-order valence-corrected chi connectivity index (χ0v) is 15.6. The van der Waals surface area contributed by atoms with Gasteiger partial charge in [0.25, 0.3) is 5.91 Å². The van der Waals surface area contributed by atoms with Crippen LogP contribution < -0.4 is 5.43 Å². The summed E-state index contributed by atoms with van der Waals surface area (Å²) in [5, 5.41) is 12.7. The van der Waals surface area contributed by atoms with Crippen molar-refractivity contribution in [3.63, 3.8) is 0 Å². The third kappa shape index (κ3) is 2.99. The Labute approximate surface area is 158 Å². The van der Waals surface area contributed by atoms with Gasteiger partial charge in [-0.15, -0.1) is 0 Å². The summed E-state index contributed by atoms with van der Waals surface area (Å²) in [5.41, 5.74) is 3.83. The van der Waals surface area contributed by atoms with Gasteiger partial charge in [0.15, 0.2) is 5.69 Å². The number of nitrogens with zero attached hydrogens (tertiary/aromatic N) is 3. The lowest BCUT2D eigenvalue weighted by Crippen LogP contribution is -2.19. The van der Waals surface area contributed by atoms with Gasteiger partial charge in [-0.25, -0.2) is 5.43 Å². The molecule has 26 heavy (non-hydrogen) atoms. The smallest absolute Gasteiger partial charge is 0.274 e. The Morgan fingerprint density at radius 1 is 1.12 bits per heavy atom. The second kappa shape index (κ2) is 6.72. The van der Waals surface area contributed by atoms with E-state index in [2.05, 4.69) is 61.9 Å². The average molecular weight is 407 g/mol. The largest absolute Gasteiger partial charge is 0.293 e. The minimum atomic E-state index is -0.363. The number of carbonyl (C=O) groups excluding carboxylic acids is 1. The zero-order valence-electron chi connectivity index (χ0n) is 14.0. The van der Waals surface area contributed by atoms with Crippen LogP contribution in [0.4, 0.5) is 0 Å². The molecule has 0 aliphatic rings. The van der Waals surface area contributed by atoms with Crippen LogP contribution in [0.5, 0.6) is 0 Å². The van der Waals surface area contributed by atoms with Gasteiger partial charge in [0.1, 0.15) is 0 Å². The molecule has 0 bridgehead atoms. The van der Waals surface area contributed by atoms with E-state index in [4.69, 9.17) is 0 Å². The molecule has 5 nitrogen and oxygen atoms in total. The minimum absolute atomic E-state index is 0.299. The number of hydrazone groups is 1. The molecule has 0 unspecified atom stereocenters. The topological polar surface area (TPSA) is 59.3 Å². The van der Waals surface area contributed by atoms with Crippen molar-refractivity contribution in [3.05, 3.63) is 76.5 Å². The first-order valence-electron chi connectivity index (χ1n) is 8.06.